The number of nitrogens with one attached hydrogen (secondary N) is 2. The molecule has 2 aromatic carbocycles. The highest BCUT2D eigenvalue weighted by atomic mass is 32.2. The van der Waals surface area contributed by atoms with Gasteiger partial charge in [-0.25, -0.2) is 13.1 Å². The fourth-order valence-corrected chi connectivity index (χ4v) is 6.06. The van der Waals surface area contributed by atoms with Crippen LogP contribution in [0, 0.1) is 5.92 Å². The van der Waals surface area contributed by atoms with Crippen LogP contribution in [0.25, 0.3) is 0 Å². The van der Waals surface area contributed by atoms with E-state index in [0.29, 0.717) is 43.9 Å². The summed E-state index contributed by atoms with van der Waals surface area (Å²) in [7, 11) is -3.97. The van der Waals surface area contributed by atoms with Gasteiger partial charge in [0.15, 0.2) is 0 Å². The molecule has 2 atom stereocenters. The topological polar surface area (TPSA) is 105 Å². The molecule has 3 rings (SSSR count). The van der Waals surface area contributed by atoms with Crippen LogP contribution >= 0.6 is 0 Å². The molecule has 0 aromatic heterocycles. The molecule has 1 amide bonds. The van der Waals surface area contributed by atoms with Crippen molar-refractivity contribution in [3.8, 4) is 0 Å². The Bertz CT molecular complexity index is 1150. The molecule has 9 heteroatoms. The first-order chi connectivity index (χ1) is 17.7. The molecule has 1 aliphatic heterocycles. The molecule has 1 saturated heterocycles. The molecule has 0 aliphatic carbocycles. The number of sulfonamides is 1. The lowest BCUT2D eigenvalue weighted by Crippen LogP contribution is -2.40. The van der Waals surface area contributed by atoms with Crippen molar-refractivity contribution < 1.29 is 22.7 Å². The molecule has 1 heterocycles. The van der Waals surface area contributed by atoms with Gasteiger partial charge in [0.2, 0.25) is 15.9 Å². The first-order valence-electron chi connectivity index (χ1n) is 13.2. The molecule has 202 valence electrons. The minimum atomic E-state index is -3.97. The molecule has 2 aromatic rings. The van der Waals surface area contributed by atoms with E-state index in [9.17, 15) is 18.0 Å². The smallest absolute Gasteiger partial charge is 0.310 e. The number of carbonyl (C=O) groups is 2. The minimum Gasteiger partial charge on any atom is -0.466 e. The second kappa shape index (κ2) is 13.6. The van der Waals surface area contributed by atoms with Crippen molar-refractivity contribution in [3.63, 3.8) is 0 Å². The van der Waals surface area contributed by atoms with E-state index in [0.717, 1.165) is 31.2 Å². The number of anilines is 2. The summed E-state index contributed by atoms with van der Waals surface area (Å²) in [5, 5.41) is 2.85. The zero-order chi connectivity index (χ0) is 26.8. The second-order valence-corrected chi connectivity index (χ2v) is 11.2. The number of unbranched alkanes of at least 4 members (excludes halogenated alkanes) is 2. The average molecular weight is 530 g/mol. The molecule has 0 bridgehead atoms. The minimum absolute atomic E-state index is 0.0751. The molecule has 0 saturated carbocycles. The van der Waals surface area contributed by atoms with Gasteiger partial charge in [0, 0.05) is 31.2 Å². The number of amides is 1. The number of esters is 1. The first kappa shape index (κ1) is 28.7. The van der Waals surface area contributed by atoms with Crippen LogP contribution in [0.5, 0.6) is 0 Å². The number of hydrogen-bond donors (Lipinski definition) is 2. The third kappa shape index (κ3) is 8.04. The molecule has 2 unspecified atom stereocenters. The van der Waals surface area contributed by atoms with Crippen molar-refractivity contribution in [3.05, 3.63) is 54.1 Å². The van der Waals surface area contributed by atoms with Crippen molar-refractivity contribution >= 4 is 33.3 Å². The van der Waals surface area contributed by atoms with Gasteiger partial charge >= 0.3 is 5.97 Å². The number of rotatable bonds is 12. The Morgan fingerprint density at radius 1 is 1.11 bits per heavy atom. The zero-order valence-corrected chi connectivity index (χ0v) is 22.9. The Morgan fingerprint density at radius 2 is 1.86 bits per heavy atom. The van der Waals surface area contributed by atoms with Crippen molar-refractivity contribution in [2.24, 2.45) is 5.92 Å². The highest BCUT2D eigenvalue weighted by Gasteiger charge is 2.31. The van der Waals surface area contributed by atoms with E-state index >= 15 is 0 Å². The molecule has 0 radical (unpaired) electrons. The van der Waals surface area contributed by atoms with Crippen LogP contribution in [-0.4, -0.2) is 40.0 Å². The lowest BCUT2D eigenvalue weighted by molar-refractivity contribution is -0.148. The third-order valence-corrected chi connectivity index (χ3v) is 8.12. The summed E-state index contributed by atoms with van der Waals surface area (Å²) >= 11 is 0. The quantitative estimate of drug-likeness (QED) is 0.295. The molecular formula is C28H39N3O5S. The molecule has 2 N–H and O–H groups in total. The number of ether oxygens (including phenoxy) is 1. The maximum Gasteiger partial charge on any atom is 0.310 e. The second-order valence-electron chi connectivity index (χ2n) is 9.48. The van der Waals surface area contributed by atoms with Gasteiger partial charge in [0.25, 0.3) is 0 Å². The predicted octanol–water partition coefficient (Wildman–Crippen LogP) is 5.02. The monoisotopic (exact) mass is 529 g/mol. The summed E-state index contributed by atoms with van der Waals surface area (Å²) < 4.78 is 35.4. The van der Waals surface area contributed by atoms with Crippen LogP contribution in [0.3, 0.4) is 0 Å². The van der Waals surface area contributed by atoms with Gasteiger partial charge in [-0.05, 0) is 56.9 Å². The largest absolute Gasteiger partial charge is 0.466 e. The van der Waals surface area contributed by atoms with Crippen LogP contribution in [0.1, 0.15) is 70.9 Å². The number of carbonyl (C=O) groups excluding carboxylic acids is 2. The maximum atomic E-state index is 13.7. The van der Waals surface area contributed by atoms with Crippen LogP contribution in [0.15, 0.2) is 53.4 Å². The highest BCUT2D eigenvalue weighted by molar-refractivity contribution is 7.89. The Hall–Kier alpha value is -2.91. The van der Waals surface area contributed by atoms with Crippen LogP contribution in [0.4, 0.5) is 11.4 Å². The average Bonchev–Trinajstić information content (AvgIpc) is 2.89. The fraction of sp³-hybridized carbons (Fsp3) is 0.500. The number of benzene rings is 2. The standard InChI is InChI=1S/C28H39N3O5S/c1-4-6-8-15-27(32)29-24-16-17-25(31-18-11-14-23(20-31)28(33)36-5-2)26(19-24)37(34,35)30-21(3)22-12-9-7-10-13-22/h7,9-10,12-13,16-17,19,21,23,30H,4-6,8,11,14-15,18,20H2,1-3H3,(H,29,32). The summed E-state index contributed by atoms with van der Waals surface area (Å²) in [4.78, 5) is 26.9. The van der Waals surface area contributed by atoms with Gasteiger partial charge in [-0.1, -0.05) is 50.1 Å². The van der Waals surface area contributed by atoms with Gasteiger partial charge < -0.3 is 15.0 Å². The van der Waals surface area contributed by atoms with Crippen molar-refractivity contribution in [2.75, 3.05) is 29.9 Å². The summed E-state index contributed by atoms with van der Waals surface area (Å²) in [6, 6.07) is 13.8. The van der Waals surface area contributed by atoms with E-state index < -0.39 is 16.1 Å². The van der Waals surface area contributed by atoms with E-state index in [1.807, 2.05) is 35.2 Å². The van der Waals surface area contributed by atoms with Crippen LogP contribution in [0.2, 0.25) is 0 Å². The molecule has 37 heavy (non-hydrogen) atoms. The van der Waals surface area contributed by atoms with Gasteiger partial charge in [-0.2, -0.15) is 0 Å². The normalized spacial score (nSPS) is 16.7. The van der Waals surface area contributed by atoms with Crippen molar-refractivity contribution in [1.29, 1.82) is 0 Å². The Balaban J connectivity index is 1.91. The fourth-order valence-electron chi connectivity index (χ4n) is 4.58. The molecule has 1 fully saturated rings. The molecular weight excluding hydrogens is 490 g/mol. The van der Waals surface area contributed by atoms with Gasteiger partial charge in [0.1, 0.15) is 4.90 Å². The van der Waals surface area contributed by atoms with E-state index in [4.69, 9.17) is 4.74 Å². The van der Waals surface area contributed by atoms with E-state index in [-0.39, 0.29) is 22.7 Å². The predicted molar refractivity (Wildman–Crippen MR) is 146 cm³/mol. The number of piperidine rings is 1. The zero-order valence-electron chi connectivity index (χ0n) is 22.0. The van der Waals surface area contributed by atoms with Gasteiger partial charge in [-0.15, -0.1) is 0 Å². The van der Waals surface area contributed by atoms with Crippen molar-refractivity contribution in [2.45, 2.75) is 70.2 Å². The molecule has 8 nitrogen and oxygen atoms in total. The molecule has 0 spiro atoms. The van der Waals surface area contributed by atoms with Crippen LogP contribution < -0.4 is 14.9 Å². The summed E-state index contributed by atoms with van der Waals surface area (Å²) in [5.74, 6) is -0.725. The van der Waals surface area contributed by atoms with Crippen molar-refractivity contribution in [1.82, 2.24) is 4.72 Å². The van der Waals surface area contributed by atoms with E-state index in [1.165, 1.54) is 6.07 Å². The highest BCUT2D eigenvalue weighted by Crippen LogP contribution is 2.33. The third-order valence-electron chi connectivity index (χ3n) is 6.55. The number of hydrogen-bond acceptors (Lipinski definition) is 6. The summed E-state index contributed by atoms with van der Waals surface area (Å²) in [5.41, 5.74) is 1.77. The Morgan fingerprint density at radius 3 is 2.57 bits per heavy atom. The Kier molecular flexibility index (Phi) is 10.5. The lowest BCUT2D eigenvalue weighted by Gasteiger charge is -2.34. The SMILES string of the molecule is CCCCCC(=O)Nc1ccc(N2CCCC(C(=O)OCC)C2)c(S(=O)(=O)NC(C)c2ccccc2)c1. The van der Waals surface area contributed by atoms with Crippen LogP contribution in [-0.2, 0) is 24.3 Å². The molecule has 1 aliphatic rings. The first-order valence-corrected chi connectivity index (χ1v) is 14.7. The number of nitrogens with zero attached hydrogens (tertiary/aromatic N) is 1. The van der Waals surface area contributed by atoms with Gasteiger partial charge in [-0.3, -0.25) is 9.59 Å². The lowest BCUT2D eigenvalue weighted by atomic mass is 9.97. The maximum absolute atomic E-state index is 13.7. The Labute approximate surface area is 220 Å². The summed E-state index contributed by atoms with van der Waals surface area (Å²) in [6.07, 6.45) is 4.58. The van der Waals surface area contributed by atoms with E-state index in [2.05, 4.69) is 17.0 Å². The summed E-state index contributed by atoms with van der Waals surface area (Å²) in [6.45, 7) is 6.95. The van der Waals surface area contributed by atoms with E-state index in [1.54, 1.807) is 26.0 Å². The van der Waals surface area contributed by atoms with Gasteiger partial charge in [0.05, 0.1) is 18.2 Å².